The van der Waals surface area contributed by atoms with Crippen molar-refractivity contribution in [2.24, 2.45) is 0 Å². The molecule has 2 atom stereocenters. The summed E-state index contributed by atoms with van der Waals surface area (Å²) in [5.41, 5.74) is 1.35. The smallest absolute Gasteiger partial charge is 0.352 e. The summed E-state index contributed by atoms with van der Waals surface area (Å²) in [6, 6.07) is 6.16. The first-order valence-electron chi connectivity index (χ1n) is 11.6. The van der Waals surface area contributed by atoms with Crippen LogP contribution in [0.4, 0.5) is 0 Å². The summed E-state index contributed by atoms with van der Waals surface area (Å²) in [5, 5.41) is 24.0. The fourth-order valence-corrected chi connectivity index (χ4v) is 7.20. The van der Waals surface area contributed by atoms with Crippen molar-refractivity contribution in [3.05, 3.63) is 63.8 Å². The van der Waals surface area contributed by atoms with Gasteiger partial charge < -0.3 is 20.8 Å². The van der Waals surface area contributed by atoms with Crippen LogP contribution in [0.2, 0.25) is 10.3 Å². The summed E-state index contributed by atoms with van der Waals surface area (Å²) < 4.78 is 1.60. The largest absolute Gasteiger partial charge is 0.480 e. The molecule has 2 aliphatic heterocycles. The van der Waals surface area contributed by atoms with Crippen molar-refractivity contribution in [1.82, 2.24) is 20.5 Å². The molecule has 11 nitrogen and oxygen atoms in total. The molecule has 0 aromatic carbocycles. The van der Waals surface area contributed by atoms with Crippen LogP contribution in [0.5, 0.6) is 0 Å². The highest BCUT2D eigenvalue weighted by Gasteiger charge is 2.53. The molecule has 2 amide bonds. The molecule has 2 aliphatic rings. The zero-order valence-corrected chi connectivity index (χ0v) is 24.5. The number of carboxylic acids is 2. The number of amides is 2. The molecule has 1 saturated heterocycles. The minimum atomic E-state index is -1.17. The fraction of sp³-hybridized carbons (Fsp3) is 0.292. The Labute approximate surface area is 252 Å². The number of carbonyl (C=O) groups excluding carboxylic acids is 2. The summed E-state index contributed by atoms with van der Waals surface area (Å²) in [5.74, 6) is -2.31. The zero-order chi connectivity index (χ0) is 29.0. The summed E-state index contributed by atoms with van der Waals surface area (Å²) in [7, 11) is 0. The van der Waals surface area contributed by atoms with Crippen LogP contribution >= 0.6 is 58.9 Å². The van der Waals surface area contributed by atoms with Gasteiger partial charge in [-0.2, -0.15) is 4.57 Å². The van der Waals surface area contributed by atoms with Crippen LogP contribution in [0.3, 0.4) is 0 Å². The molecule has 4 heterocycles. The molecule has 40 heavy (non-hydrogen) atoms. The van der Waals surface area contributed by atoms with Crippen molar-refractivity contribution in [1.29, 1.82) is 0 Å². The summed E-state index contributed by atoms with van der Waals surface area (Å²) >= 11 is 20.2. The first-order valence-corrected chi connectivity index (χ1v) is 14.8. The van der Waals surface area contributed by atoms with Gasteiger partial charge in [-0.05, 0) is 23.3 Å². The molecule has 16 heteroatoms. The second kappa shape index (κ2) is 13.2. The zero-order valence-electron chi connectivity index (χ0n) is 20.5. The lowest BCUT2D eigenvalue weighted by atomic mass is 10.0. The van der Waals surface area contributed by atoms with Crippen LogP contribution in [0.1, 0.15) is 5.56 Å². The SMILES string of the molecule is O=C(O)CNC(=O)C[n+]1ccc(SCC2=C(C(=O)O)N3C(=O)[C@@H](NC(=S)Cc4cc(Cl)nc(Cl)c4)[C@H]3SC2)cc1. The highest BCUT2D eigenvalue weighted by Crippen LogP contribution is 2.41. The second-order valence-electron chi connectivity index (χ2n) is 8.68. The van der Waals surface area contributed by atoms with E-state index >= 15 is 0 Å². The number of rotatable bonds is 11. The Morgan fingerprint density at radius 1 is 1.20 bits per heavy atom. The van der Waals surface area contributed by atoms with Gasteiger partial charge in [0.05, 0.1) is 4.99 Å². The summed E-state index contributed by atoms with van der Waals surface area (Å²) in [4.78, 5) is 54.0. The number of carbonyl (C=O) groups is 4. The van der Waals surface area contributed by atoms with Crippen molar-refractivity contribution in [3.63, 3.8) is 0 Å². The van der Waals surface area contributed by atoms with E-state index in [1.165, 1.54) is 28.4 Å². The third kappa shape index (κ3) is 7.43. The number of halogens is 2. The molecule has 0 unspecified atom stereocenters. The lowest BCUT2D eigenvalue weighted by Gasteiger charge is -2.49. The number of carboxylic acid groups (broad SMARTS) is 2. The predicted molar refractivity (Wildman–Crippen MR) is 153 cm³/mol. The Morgan fingerprint density at radius 3 is 2.50 bits per heavy atom. The minimum Gasteiger partial charge on any atom is -0.480 e. The first-order chi connectivity index (χ1) is 19.0. The van der Waals surface area contributed by atoms with Crippen LogP contribution in [0.15, 0.2) is 52.8 Å². The number of fused-ring (bicyclic) bond motifs is 1. The Hall–Kier alpha value is -2.91. The van der Waals surface area contributed by atoms with Crippen molar-refractivity contribution in [2.75, 3.05) is 18.1 Å². The Balaban J connectivity index is 1.35. The van der Waals surface area contributed by atoms with Gasteiger partial charge in [0, 0.05) is 35.0 Å². The maximum Gasteiger partial charge on any atom is 0.352 e. The number of thiocarbonyl (C=S) groups is 1. The normalized spacial score (nSPS) is 18.1. The third-order valence-electron chi connectivity index (χ3n) is 5.79. The van der Waals surface area contributed by atoms with E-state index in [0.717, 1.165) is 10.5 Å². The number of nitrogens with zero attached hydrogens (tertiary/aromatic N) is 3. The van der Waals surface area contributed by atoms with Crippen LogP contribution in [0.25, 0.3) is 0 Å². The number of hydrogen-bond acceptors (Lipinski definition) is 8. The molecule has 1 fully saturated rings. The standard InChI is InChI=1S/C24H21Cl2N5O6S3/c25-15-5-12(6-16(26)28-15)7-18(38)29-20-22(35)31-21(24(36)37)13(11-40-23(20)31)10-39-14-1-3-30(4-2-14)9-17(32)27-8-19(33)34/h1-6,20,23H,7-11H2,(H3-,27,29,32,33,34,36,37,38)/p+1/t20-,23-/m1/s1. The van der Waals surface area contributed by atoms with Crippen LogP contribution < -0.4 is 15.2 Å². The van der Waals surface area contributed by atoms with Crippen molar-refractivity contribution >= 4 is 87.7 Å². The highest BCUT2D eigenvalue weighted by atomic mass is 35.5. The van der Waals surface area contributed by atoms with E-state index in [2.05, 4.69) is 15.6 Å². The van der Waals surface area contributed by atoms with Gasteiger partial charge in [-0.25, -0.2) is 9.78 Å². The van der Waals surface area contributed by atoms with Gasteiger partial charge in [0.25, 0.3) is 11.8 Å². The summed E-state index contributed by atoms with van der Waals surface area (Å²) in [6.45, 7) is -0.489. The number of aliphatic carboxylic acids is 2. The number of β-lactam (4-membered cyclic amide) rings is 1. The molecule has 0 spiro atoms. The number of pyridine rings is 2. The van der Waals surface area contributed by atoms with Gasteiger partial charge in [0.1, 0.15) is 34.0 Å². The van der Waals surface area contributed by atoms with E-state index < -0.39 is 35.8 Å². The number of hydrogen-bond donors (Lipinski definition) is 4. The molecule has 0 radical (unpaired) electrons. The van der Waals surface area contributed by atoms with Crippen molar-refractivity contribution in [3.8, 4) is 0 Å². The van der Waals surface area contributed by atoms with Gasteiger partial charge in [-0.1, -0.05) is 35.4 Å². The lowest BCUT2D eigenvalue weighted by Crippen LogP contribution is -2.70. The Bertz CT molecular complexity index is 1390. The maximum atomic E-state index is 13.0. The number of aromatic nitrogens is 2. The molecule has 2 aromatic heterocycles. The molecular formula is C24H22Cl2N5O6S3+. The van der Waals surface area contributed by atoms with Gasteiger partial charge >= 0.3 is 11.9 Å². The third-order valence-corrected chi connectivity index (χ3v) is 8.88. The van der Waals surface area contributed by atoms with Crippen LogP contribution in [-0.4, -0.2) is 78.3 Å². The predicted octanol–water partition coefficient (Wildman–Crippen LogP) is 1.75. The van der Waals surface area contributed by atoms with E-state index in [1.807, 2.05) is 0 Å². The first kappa shape index (κ1) is 30.1. The van der Waals surface area contributed by atoms with Crippen LogP contribution in [0, 0.1) is 0 Å². The molecule has 0 aliphatic carbocycles. The van der Waals surface area contributed by atoms with E-state index in [0.29, 0.717) is 28.5 Å². The number of thioether (sulfide) groups is 2. The Kier molecular flexibility index (Phi) is 9.90. The minimum absolute atomic E-state index is 0.0148. The average molecular weight is 644 g/mol. The van der Waals surface area contributed by atoms with E-state index in [4.69, 9.17) is 40.5 Å². The van der Waals surface area contributed by atoms with E-state index in [9.17, 15) is 24.3 Å². The van der Waals surface area contributed by atoms with E-state index in [1.54, 1.807) is 41.2 Å². The Morgan fingerprint density at radius 2 is 1.88 bits per heavy atom. The van der Waals surface area contributed by atoms with Crippen LogP contribution in [-0.2, 0) is 32.1 Å². The fourth-order valence-electron chi connectivity index (χ4n) is 4.03. The van der Waals surface area contributed by atoms with Gasteiger partial charge in [0.2, 0.25) is 6.54 Å². The topological polar surface area (TPSA) is 153 Å². The molecule has 4 rings (SSSR count). The molecule has 4 N–H and O–H groups in total. The van der Waals surface area contributed by atoms with Gasteiger partial charge in [-0.15, -0.1) is 23.5 Å². The molecule has 2 aromatic rings. The number of nitrogens with one attached hydrogen (secondary N) is 2. The molecule has 210 valence electrons. The molecule has 0 bridgehead atoms. The second-order valence-corrected chi connectivity index (χ2v) is 12.1. The monoisotopic (exact) mass is 642 g/mol. The average Bonchev–Trinajstić information content (AvgIpc) is 2.89. The molecule has 0 saturated carbocycles. The maximum absolute atomic E-state index is 13.0. The lowest BCUT2D eigenvalue weighted by molar-refractivity contribution is -0.684. The van der Waals surface area contributed by atoms with Crippen molar-refractivity contribution < 1.29 is 34.0 Å². The van der Waals surface area contributed by atoms with Crippen molar-refractivity contribution in [2.45, 2.75) is 29.3 Å². The van der Waals surface area contributed by atoms with Gasteiger partial charge in [0.15, 0.2) is 12.4 Å². The van der Waals surface area contributed by atoms with Gasteiger partial charge in [-0.3, -0.25) is 19.3 Å². The molecular weight excluding hydrogens is 621 g/mol. The highest BCUT2D eigenvalue weighted by molar-refractivity contribution is 8.01. The summed E-state index contributed by atoms with van der Waals surface area (Å²) in [6.07, 6.45) is 3.64. The van der Waals surface area contributed by atoms with E-state index in [-0.39, 0.29) is 28.5 Å². The quantitative estimate of drug-likeness (QED) is 0.0932.